The molecule has 0 aliphatic rings. The number of hydrogen-bond acceptors (Lipinski definition) is 7. The van der Waals surface area contributed by atoms with Crippen LogP contribution >= 0.6 is 0 Å². The van der Waals surface area contributed by atoms with Gasteiger partial charge < -0.3 is 18.6 Å². The van der Waals surface area contributed by atoms with E-state index in [0.717, 1.165) is 18.2 Å². The van der Waals surface area contributed by atoms with E-state index in [1.54, 1.807) is 0 Å². The Kier molecular flexibility index (Phi) is 5.24. The van der Waals surface area contributed by atoms with Gasteiger partial charge in [-0.2, -0.15) is 8.42 Å². The molecule has 3 aromatic rings. The molecule has 0 atom stereocenters. The minimum absolute atomic E-state index is 0.0591. The van der Waals surface area contributed by atoms with Crippen LogP contribution in [0.15, 0.2) is 47.4 Å². The lowest BCUT2D eigenvalue weighted by atomic mass is 10.3. The van der Waals surface area contributed by atoms with E-state index < -0.39 is 33.2 Å². The monoisotopic (exact) mass is 431 g/mol. The summed E-state index contributed by atoms with van der Waals surface area (Å²) in [6.45, 7) is 0. The number of nitrogens with zero attached hydrogens (tertiary/aromatic N) is 1. The molecule has 1 amide bonds. The Bertz CT molecular complexity index is 1160. The van der Waals surface area contributed by atoms with Crippen molar-refractivity contribution in [2.45, 2.75) is 11.3 Å². The van der Waals surface area contributed by atoms with Crippen molar-refractivity contribution < 1.29 is 40.0 Å². The van der Waals surface area contributed by atoms with E-state index in [4.69, 9.17) is 4.18 Å². The van der Waals surface area contributed by atoms with Gasteiger partial charge in [-0.05, 0) is 24.3 Å². The first-order valence-corrected chi connectivity index (χ1v) is 9.11. The summed E-state index contributed by atoms with van der Waals surface area (Å²) in [6, 6.07) is 7.80. The Morgan fingerprint density at radius 3 is 2.59 bits per heavy atom. The van der Waals surface area contributed by atoms with Crippen molar-refractivity contribution in [2.24, 2.45) is 0 Å². The van der Waals surface area contributed by atoms with Gasteiger partial charge in [0.15, 0.2) is 0 Å². The summed E-state index contributed by atoms with van der Waals surface area (Å²) in [4.78, 5) is 17.5. The van der Waals surface area contributed by atoms with Gasteiger partial charge in [-0.15, -0.1) is 13.2 Å². The van der Waals surface area contributed by atoms with Gasteiger partial charge in [0.05, 0.1) is 18.1 Å². The lowest BCUT2D eigenvalue weighted by Crippen LogP contribution is -2.17. The highest BCUT2D eigenvalue weighted by molar-refractivity contribution is 7.87. The number of H-pyrrole nitrogens is 1. The third kappa shape index (κ3) is 5.07. The first kappa shape index (κ1) is 20.3. The van der Waals surface area contributed by atoms with Crippen molar-refractivity contribution in [1.29, 1.82) is 0 Å². The van der Waals surface area contributed by atoms with E-state index in [2.05, 4.69) is 24.8 Å². The highest BCUT2D eigenvalue weighted by Gasteiger charge is 2.31. The van der Waals surface area contributed by atoms with Crippen LogP contribution in [0.3, 0.4) is 0 Å². The van der Waals surface area contributed by atoms with Crippen LogP contribution in [0, 0.1) is 0 Å². The molecular formula is C16H12F3N3O6S. The van der Waals surface area contributed by atoms with Crippen LogP contribution in [-0.2, 0) is 14.9 Å². The number of halogens is 3. The van der Waals surface area contributed by atoms with E-state index in [1.165, 1.54) is 25.3 Å². The maximum absolute atomic E-state index is 12.4. The van der Waals surface area contributed by atoms with Crippen molar-refractivity contribution in [3.63, 3.8) is 0 Å². The number of carbonyl (C=O) groups is 1. The molecule has 2 N–H and O–H groups in total. The third-order valence-electron chi connectivity index (χ3n) is 3.39. The first-order valence-electron chi connectivity index (χ1n) is 7.71. The van der Waals surface area contributed by atoms with Gasteiger partial charge in [0.25, 0.3) is 0 Å². The number of amides is 1. The Hall–Kier alpha value is -3.48. The molecule has 0 radical (unpaired) electrons. The quantitative estimate of drug-likeness (QED) is 0.594. The summed E-state index contributed by atoms with van der Waals surface area (Å²) >= 11 is 0. The second kappa shape index (κ2) is 7.50. The van der Waals surface area contributed by atoms with Crippen molar-refractivity contribution >= 4 is 33.2 Å². The van der Waals surface area contributed by atoms with E-state index in [-0.39, 0.29) is 17.2 Å². The molecule has 0 aliphatic heterocycles. The van der Waals surface area contributed by atoms with E-state index in [1.807, 2.05) is 0 Å². The molecular weight excluding hydrogens is 419 g/mol. The fraction of sp³-hybridized carbons (Fsp3) is 0.125. The molecule has 1 heterocycles. The zero-order valence-electron chi connectivity index (χ0n) is 14.5. The molecule has 0 unspecified atom stereocenters. The summed E-state index contributed by atoms with van der Waals surface area (Å²) in [5, 5.41) is 2.31. The molecule has 3 rings (SSSR count). The normalized spacial score (nSPS) is 11.9. The number of ether oxygens (including phenoxy) is 2. The van der Waals surface area contributed by atoms with Crippen LogP contribution in [0.1, 0.15) is 0 Å². The van der Waals surface area contributed by atoms with Crippen molar-refractivity contribution in [3.8, 4) is 11.5 Å². The number of hydrogen-bond donors (Lipinski definition) is 2. The third-order valence-corrected chi connectivity index (χ3v) is 4.64. The summed E-state index contributed by atoms with van der Waals surface area (Å²) in [5.41, 5.74) is 0.722. The molecule has 0 bridgehead atoms. The zero-order valence-corrected chi connectivity index (χ0v) is 15.3. The molecule has 0 saturated carbocycles. The smallest absolute Gasteiger partial charge is 0.453 e. The van der Waals surface area contributed by atoms with Gasteiger partial charge >= 0.3 is 22.6 Å². The lowest BCUT2D eigenvalue weighted by Gasteiger charge is -2.11. The van der Waals surface area contributed by atoms with E-state index >= 15 is 0 Å². The number of rotatable bonds is 5. The summed E-state index contributed by atoms with van der Waals surface area (Å²) in [6.07, 6.45) is -5.73. The molecule has 1 aromatic heterocycles. The average Bonchev–Trinajstić information content (AvgIpc) is 3.01. The van der Waals surface area contributed by atoms with Gasteiger partial charge in [0, 0.05) is 12.1 Å². The van der Waals surface area contributed by atoms with Crippen molar-refractivity contribution in [1.82, 2.24) is 9.97 Å². The van der Waals surface area contributed by atoms with Gasteiger partial charge in [0.2, 0.25) is 5.95 Å². The molecule has 9 nitrogen and oxygen atoms in total. The number of anilines is 1. The molecule has 0 spiro atoms. The molecule has 0 fully saturated rings. The van der Waals surface area contributed by atoms with Crippen LogP contribution in [0.5, 0.6) is 11.5 Å². The summed E-state index contributed by atoms with van der Waals surface area (Å²) in [7, 11) is -3.28. The highest BCUT2D eigenvalue weighted by atomic mass is 32.2. The standard InChI is InChI=1S/C16H12F3N3O6S/c1-26-15(23)22-14-20-12-6-5-10(8-13(12)21-14)28-29(24,25)11-4-2-3-9(7-11)27-16(17,18)19/h2-8H,1H3,(H2,20,21,22,23). The van der Waals surface area contributed by atoms with Crippen molar-refractivity contribution in [3.05, 3.63) is 42.5 Å². The molecule has 29 heavy (non-hydrogen) atoms. The van der Waals surface area contributed by atoms with Gasteiger partial charge in [-0.1, -0.05) is 6.07 Å². The Balaban J connectivity index is 1.83. The van der Waals surface area contributed by atoms with Crippen LogP contribution in [-0.4, -0.2) is 38.0 Å². The van der Waals surface area contributed by atoms with Crippen molar-refractivity contribution in [2.75, 3.05) is 12.4 Å². The first-order chi connectivity index (χ1) is 13.6. The van der Waals surface area contributed by atoms with Crippen LogP contribution in [0.2, 0.25) is 0 Å². The van der Waals surface area contributed by atoms with Gasteiger partial charge in [0.1, 0.15) is 16.4 Å². The Labute approximate surface area is 161 Å². The second-order valence-corrected chi connectivity index (χ2v) is 6.99. The maximum Gasteiger partial charge on any atom is 0.573 e. The molecule has 0 aliphatic carbocycles. The van der Waals surface area contributed by atoms with Gasteiger partial charge in [-0.3, -0.25) is 5.32 Å². The number of nitrogens with one attached hydrogen (secondary N) is 2. The van der Waals surface area contributed by atoms with E-state index in [0.29, 0.717) is 11.6 Å². The SMILES string of the molecule is COC(=O)Nc1nc2cc(OS(=O)(=O)c3cccc(OC(F)(F)F)c3)ccc2[nH]1. The fourth-order valence-electron chi connectivity index (χ4n) is 2.25. The number of imidazole rings is 1. The number of aromatic nitrogens is 2. The second-order valence-electron chi connectivity index (χ2n) is 5.44. The number of alkyl halides is 3. The Morgan fingerprint density at radius 2 is 1.90 bits per heavy atom. The van der Waals surface area contributed by atoms with Crippen LogP contribution in [0.25, 0.3) is 11.0 Å². The van der Waals surface area contributed by atoms with E-state index in [9.17, 15) is 26.4 Å². The lowest BCUT2D eigenvalue weighted by molar-refractivity contribution is -0.274. The minimum atomic E-state index is -4.97. The number of benzene rings is 2. The number of methoxy groups -OCH3 is 1. The van der Waals surface area contributed by atoms with Crippen LogP contribution < -0.4 is 14.2 Å². The molecule has 2 aromatic carbocycles. The largest absolute Gasteiger partial charge is 0.573 e. The topological polar surface area (TPSA) is 120 Å². The minimum Gasteiger partial charge on any atom is -0.453 e. The number of carbonyl (C=O) groups excluding carboxylic acids is 1. The predicted octanol–water partition coefficient (Wildman–Crippen LogP) is 3.41. The summed E-state index contributed by atoms with van der Waals surface area (Å²) < 4.78 is 74.8. The number of fused-ring (bicyclic) bond motifs is 1. The molecule has 154 valence electrons. The number of aromatic amines is 1. The Morgan fingerprint density at radius 1 is 1.14 bits per heavy atom. The highest BCUT2D eigenvalue weighted by Crippen LogP contribution is 2.27. The molecule has 13 heteroatoms. The average molecular weight is 431 g/mol. The molecule has 0 saturated heterocycles. The summed E-state index contributed by atoms with van der Waals surface area (Å²) in [5.74, 6) is -0.789. The fourth-order valence-corrected chi connectivity index (χ4v) is 3.20. The predicted molar refractivity (Wildman–Crippen MR) is 93.1 cm³/mol. The maximum atomic E-state index is 12.4. The van der Waals surface area contributed by atoms with Gasteiger partial charge in [-0.25, -0.2) is 9.78 Å². The zero-order chi connectivity index (χ0) is 21.2. The van der Waals surface area contributed by atoms with Crippen LogP contribution in [0.4, 0.5) is 23.9 Å².